The SMILES string of the molecule is C#CC(Oc1ccc(C(=N)N)cc1)c1c(C)ccc(C)c1N(CC(=O)CO)C(=O)C(C)C. The fraction of sp³-hybridized carbons (Fsp3) is 0.320. The summed E-state index contributed by atoms with van der Waals surface area (Å²) in [4.78, 5) is 26.5. The molecule has 0 radical (unpaired) electrons. The standard InChI is InChI=1S/C25H29N3O4/c1-6-21(32-20-11-9-18(10-12-20)24(26)27)22-16(4)7-8-17(5)23(22)28(13-19(30)14-29)25(31)15(2)3/h1,7-12,15,21,29H,13-14H2,2-5H3,(H3,26,27). The van der Waals surface area contributed by atoms with E-state index in [1.807, 2.05) is 26.0 Å². The van der Waals surface area contributed by atoms with E-state index < -0.39 is 18.5 Å². The Bertz CT molecular complexity index is 1050. The van der Waals surface area contributed by atoms with E-state index in [0.29, 0.717) is 22.6 Å². The van der Waals surface area contributed by atoms with Crippen molar-refractivity contribution in [3.8, 4) is 18.1 Å². The number of amidine groups is 1. The number of anilines is 1. The van der Waals surface area contributed by atoms with Gasteiger partial charge in [0.15, 0.2) is 11.9 Å². The molecular formula is C25H29N3O4. The largest absolute Gasteiger partial charge is 0.473 e. The van der Waals surface area contributed by atoms with Gasteiger partial charge in [-0.3, -0.25) is 15.0 Å². The van der Waals surface area contributed by atoms with Crippen LogP contribution in [0.25, 0.3) is 0 Å². The van der Waals surface area contributed by atoms with Crippen molar-refractivity contribution in [1.82, 2.24) is 0 Å². The quantitative estimate of drug-likeness (QED) is 0.318. The first-order chi connectivity index (χ1) is 15.1. The van der Waals surface area contributed by atoms with E-state index in [1.54, 1.807) is 38.1 Å². The van der Waals surface area contributed by atoms with Gasteiger partial charge in [-0.2, -0.15) is 0 Å². The molecule has 0 spiro atoms. The number of aryl methyl sites for hydroxylation is 2. The van der Waals surface area contributed by atoms with Gasteiger partial charge in [0.2, 0.25) is 5.91 Å². The number of benzene rings is 2. The van der Waals surface area contributed by atoms with E-state index in [-0.39, 0.29) is 24.2 Å². The third-order valence-electron chi connectivity index (χ3n) is 5.01. The number of amides is 1. The van der Waals surface area contributed by atoms with Crippen LogP contribution in [-0.4, -0.2) is 35.8 Å². The molecule has 7 nitrogen and oxygen atoms in total. The summed E-state index contributed by atoms with van der Waals surface area (Å²) in [7, 11) is 0. The van der Waals surface area contributed by atoms with Crippen LogP contribution in [0.4, 0.5) is 5.69 Å². The van der Waals surface area contributed by atoms with Crippen molar-refractivity contribution < 1.29 is 19.4 Å². The topological polar surface area (TPSA) is 117 Å². The number of hydrogen-bond acceptors (Lipinski definition) is 5. The van der Waals surface area contributed by atoms with Crippen molar-refractivity contribution >= 4 is 23.2 Å². The van der Waals surface area contributed by atoms with Gasteiger partial charge < -0.3 is 20.5 Å². The molecule has 168 valence electrons. The molecule has 0 saturated heterocycles. The smallest absolute Gasteiger partial charge is 0.229 e. The Morgan fingerprint density at radius 3 is 2.25 bits per heavy atom. The second kappa shape index (κ2) is 10.6. The average molecular weight is 436 g/mol. The number of nitrogens with one attached hydrogen (secondary N) is 1. The van der Waals surface area contributed by atoms with E-state index in [0.717, 1.165) is 11.1 Å². The van der Waals surface area contributed by atoms with Crippen molar-refractivity contribution in [2.75, 3.05) is 18.1 Å². The molecule has 1 amide bonds. The molecule has 2 aromatic carbocycles. The predicted octanol–water partition coefficient (Wildman–Crippen LogP) is 2.89. The lowest BCUT2D eigenvalue weighted by molar-refractivity contribution is -0.125. The van der Waals surface area contributed by atoms with Gasteiger partial charge in [0.05, 0.1) is 12.2 Å². The molecule has 2 rings (SSSR count). The maximum Gasteiger partial charge on any atom is 0.229 e. The normalized spacial score (nSPS) is 11.5. The first-order valence-electron chi connectivity index (χ1n) is 10.2. The second-order valence-corrected chi connectivity index (χ2v) is 7.84. The van der Waals surface area contributed by atoms with Gasteiger partial charge in [-0.05, 0) is 49.2 Å². The molecule has 2 aromatic rings. The number of aliphatic hydroxyl groups is 1. The van der Waals surface area contributed by atoms with Gasteiger partial charge in [0, 0.05) is 17.0 Å². The molecule has 7 heteroatoms. The van der Waals surface area contributed by atoms with E-state index in [1.165, 1.54) is 4.90 Å². The van der Waals surface area contributed by atoms with Gasteiger partial charge in [-0.25, -0.2) is 0 Å². The maximum atomic E-state index is 13.0. The van der Waals surface area contributed by atoms with Crippen molar-refractivity contribution in [2.24, 2.45) is 11.7 Å². The summed E-state index contributed by atoms with van der Waals surface area (Å²) in [6.45, 7) is 6.24. The number of carbonyl (C=O) groups excluding carboxylic acids is 2. The summed E-state index contributed by atoms with van der Waals surface area (Å²) >= 11 is 0. The molecule has 0 aliphatic heterocycles. The highest BCUT2D eigenvalue weighted by Crippen LogP contribution is 2.36. The van der Waals surface area contributed by atoms with Crippen LogP contribution in [0.5, 0.6) is 5.75 Å². The van der Waals surface area contributed by atoms with Gasteiger partial charge >= 0.3 is 0 Å². The molecule has 1 atom stereocenters. The number of nitrogen functional groups attached to an aromatic ring is 1. The molecule has 0 heterocycles. The second-order valence-electron chi connectivity index (χ2n) is 7.84. The number of nitrogens with two attached hydrogens (primary N) is 1. The Morgan fingerprint density at radius 2 is 1.75 bits per heavy atom. The zero-order valence-corrected chi connectivity index (χ0v) is 18.8. The summed E-state index contributed by atoms with van der Waals surface area (Å²) in [5.74, 6) is 1.94. The van der Waals surface area contributed by atoms with Crippen LogP contribution in [0.3, 0.4) is 0 Å². The number of nitrogens with zero attached hydrogens (tertiary/aromatic N) is 1. The number of ketones is 1. The summed E-state index contributed by atoms with van der Waals surface area (Å²) in [5.41, 5.74) is 8.71. The predicted molar refractivity (Wildman–Crippen MR) is 125 cm³/mol. The minimum absolute atomic E-state index is 0.0572. The Labute approximate surface area is 188 Å². The van der Waals surface area contributed by atoms with Crippen LogP contribution in [-0.2, 0) is 9.59 Å². The average Bonchev–Trinajstić information content (AvgIpc) is 2.77. The fourth-order valence-electron chi connectivity index (χ4n) is 3.34. The van der Waals surface area contributed by atoms with Crippen LogP contribution in [0.2, 0.25) is 0 Å². The summed E-state index contributed by atoms with van der Waals surface area (Å²) in [6, 6.07) is 10.4. The Kier molecular flexibility index (Phi) is 8.16. The van der Waals surface area contributed by atoms with Crippen LogP contribution in [0.15, 0.2) is 36.4 Å². The number of hydrogen-bond donors (Lipinski definition) is 3. The Morgan fingerprint density at radius 1 is 1.16 bits per heavy atom. The first kappa shape index (κ1) is 24.6. The lowest BCUT2D eigenvalue weighted by atomic mass is 9.95. The summed E-state index contributed by atoms with van der Waals surface area (Å²) in [6.07, 6.45) is 5.00. The number of Topliss-reactive ketones (excluding diaryl/α,β-unsaturated/α-hetero) is 1. The van der Waals surface area contributed by atoms with Crippen molar-refractivity contribution in [2.45, 2.75) is 33.8 Å². The fourth-order valence-corrected chi connectivity index (χ4v) is 3.34. The van der Waals surface area contributed by atoms with Crippen molar-refractivity contribution in [3.63, 3.8) is 0 Å². The molecular weight excluding hydrogens is 406 g/mol. The van der Waals surface area contributed by atoms with Crippen molar-refractivity contribution in [3.05, 3.63) is 58.7 Å². The number of carbonyl (C=O) groups is 2. The number of aliphatic hydroxyl groups excluding tert-OH is 1. The molecule has 0 saturated carbocycles. The number of terminal acetylenes is 1. The highest BCUT2D eigenvalue weighted by molar-refractivity contribution is 6.01. The van der Waals surface area contributed by atoms with Crippen LogP contribution in [0, 0.1) is 37.5 Å². The molecule has 32 heavy (non-hydrogen) atoms. The van der Waals surface area contributed by atoms with Crippen molar-refractivity contribution in [1.29, 1.82) is 5.41 Å². The first-order valence-corrected chi connectivity index (χ1v) is 10.2. The minimum atomic E-state index is -0.847. The lowest BCUT2D eigenvalue weighted by Crippen LogP contribution is -2.40. The van der Waals surface area contributed by atoms with Crippen LogP contribution >= 0.6 is 0 Å². The van der Waals surface area contributed by atoms with Gasteiger partial charge in [0.25, 0.3) is 0 Å². The highest BCUT2D eigenvalue weighted by Gasteiger charge is 2.29. The molecule has 1 unspecified atom stereocenters. The summed E-state index contributed by atoms with van der Waals surface area (Å²) in [5, 5.41) is 16.8. The molecule has 0 bridgehead atoms. The Balaban J connectivity index is 2.59. The molecule has 0 aromatic heterocycles. The Hall–Kier alpha value is -3.63. The third kappa shape index (κ3) is 5.54. The zero-order chi connectivity index (χ0) is 24.0. The number of rotatable bonds is 9. The van der Waals surface area contributed by atoms with E-state index in [9.17, 15) is 14.7 Å². The highest BCUT2D eigenvalue weighted by atomic mass is 16.5. The zero-order valence-electron chi connectivity index (χ0n) is 18.8. The minimum Gasteiger partial charge on any atom is -0.473 e. The van der Waals surface area contributed by atoms with E-state index in [2.05, 4.69) is 5.92 Å². The maximum absolute atomic E-state index is 13.0. The van der Waals surface area contributed by atoms with Gasteiger partial charge in [-0.1, -0.05) is 31.9 Å². The molecule has 0 aliphatic rings. The number of ether oxygens (including phenoxy) is 1. The molecule has 0 aliphatic carbocycles. The lowest BCUT2D eigenvalue weighted by Gasteiger charge is -2.30. The van der Waals surface area contributed by atoms with Gasteiger partial charge in [0.1, 0.15) is 18.2 Å². The monoisotopic (exact) mass is 435 g/mol. The third-order valence-corrected chi connectivity index (χ3v) is 5.01. The molecule has 0 fully saturated rings. The van der Waals surface area contributed by atoms with Gasteiger partial charge in [-0.15, -0.1) is 6.42 Å². The van der Waals surface area contributed by atoms with E-state index in [4.69, 9.17) is 22.3 Å². The van der Waals surface area contributed by atoms with Crippen LogP contribution in [0.1, 0.15) is 42.2 Å². The summed E-state index contributed by atoms with van der Waals surface area (Å²) < 4.78 is 6.06. The van der Waals surface area contributed by atoms with E-state index >= 15 is 0 Å². The molecule has 4 N–H and O–H groups in total. The van der Waals surface area contributed by atoms with Crippen LogP contribution < -0.4 is 15.4 Å².